The first-order chi connectivity index (χ1) is 9.35. The van der Waals surface area contributed by atoms with E-state index in [-0.39, 0.29) is 18.9 Å². The number of carbonyl (C=O) groups excluding carboxylic acids is 1. The number of benzene rings is 1. The number of nitrogens with one attached hydrogen (secondary N) is 1. The summed E-state index contributed by atoms with van der Waals surface area (Å²) in [5.41, 5.74) is -0.569. The van der Waals surface area contributed by atoms with Crippen molar-refractivity contribution in [2.75, 3.05) is 11.9 Å². The molecule has 1 rings (SSSR count). The Balaban J connectivity index is 2.59. The van der Waals surface area contributed by atoms with Crippen molar-refractivity contribution in [3.05, 3.63) is 24.3 Å². The summed E-state index contributed by atoms with van der Waals surface area (Å²) in [7, 11) is 0. The predicted molar refractivity (Wildman–Crippen MR) is 72.2 cm³/mol. The van der Waals surface area contributed by atoms with Crippen molar-refractivity contribution in [1.29, 1.82) is 5.26 Å². The molecule has 0 aliphatic rings. The average Bonchev–Trinajstić information content (AvgIpc) is 2.37. The molecule has 0 bridgehead atoms. The van der Waals surface area contributed by atoms with Gasteiger partial charge in [-0.1, -0.05) is 0 Å². The van der Waals surface area contributed by atoms with Gasteiger partial charge in [-0.15, -0.1) is 0 Å². The highest BCUT2D eigenvalue weighted by Gasteiger charge is 2.30. The molecule has 0 aliphatic heterocycles. The Labute approximate surface area is 117 Å². The van der Waals surface area contributed by atoms with Gasteiger partial charge in [-0.25, -0.2) is 0 Å². The Hall–Kier alpha value is -2.55. The molecule has 0 radical (unpaired) electrons. The lowest BCUT2D eigenvalue weighted by atomic mass is 9.89. The van der Waals surface area contributed by atoms with Crippen LogP contribution >= 0.6 is 0 Å². The number of aliphatic carboxylic acids is 1. The van der Waals surface area contributed by atoms with E-state index in [1.54, 1.807) is 24.3 Å². The van der Waals surface area contributed by atoms with Crippen LogP contribution in [0.1, 0.15) is 20.3 Å². The fraction of sp³-hybridized carbons (Fsp3) is 0.357. The third-order valence-electron chi connectivity index (χ3n) is 2.62. The first-order valence-electron chi connectivity index (χ1n) is 5.98. The zero-order valence-electron chi connectivity index (χ0n) is 11.3. The Morgan fingerprint density at radius 1 is 1.35 bits per heavy atom. The van der Waals surface area contributed by atoms with Crippen LogP contribution in [0.5, 0.6) is 5.75 Å². The van der Waals surface area contributed by atoms with Gasteiger partial charge in [0.2, 0.25) is 5.91 Å². The molecule has 0 fully saturated rings. The van der Waals surface area contributed by atoms with Crippen LogP contribution in [-0.4, -0.2) is 23.6 Å². The smallest absolute Gasteiger partial charge is 0.309 e. The van der Waals surface area contributed by atoms with Gasteiger partial charge in [0.15, 0.2) is 6.61 Å². The van der Waals surface area contributed by atoms with Crippen LogP contribution in [0.3, 0.4) is 0 Å². The Morgan fingerprint density at radius 3 is 2.45 bits per heavy atom. The van der Waals surface area contributed by atoms with Crippen LogP contribution in [0.2, 0.25) is 0 Å². The molecular formula is C14H16N2O4. The minimum atomic E-state index is -1.11. The molecule has 20 heavy (non-hydrogen) atoms. The lowest BCUT2D eigenvalue weighted by Crippen LogP contribution is -2.29. The molecule has 0 atom stereocenters. The number of rotatable bonds is 6. The second-order valence-corrected chi connectivity index (χ2v) is 4.89. The third kappa shape index (κ3) is 4.61. The summed E-state index contributed by atoms with van der Waals surface area (Å²) < 4.78 is 5.08. The standard InChI is InChI=1S/C14H16N2O4/c1-14(2,13(18)19)9-12(17)16-10-3-5-11(6-4-10)20-8-7-15/h3-6H,8-9H2,1-2H3,(H,16,17)(H,18,19). The molecule has 6 nitrogen and oxygen atoms in total. The van der Waals surface area contributed by atoms with Gasteiger partial charge in [-0.3, -0.25) is 9.59 Å². The van der Waals surface area contributed by atoms with Crippen molar-refractivity contribution in [1.82, 2.24) is 0 Å². The zero-order chi connectivity index (χ0) is 15.2. The predicted octanol–water partition coefficient (Wildman–Crippen LogP) is 2.03. The Bertz CT molecular complexity index is 529. The van der Waals surface area contributed by atoms with E-state index in [1.807, 2.05) is 6.07 Å². The third-order valence-corrected chi connectivity index (χ3v) is 2.62. The van der Waals surface area contributed by atoms with Gasteiger partial charge in [0, 0.05) is 12.1 Å². The first kappa shape index (κ1) is 15.5. The summed E-state index contributed by atoms with van der Waals surface area (Å²) in [6, 6.07) is 8.34. The number of hydrogen-bond donors (Lipinski definition) is 2. The van der Waals surface area contributed by atoms with E-state index in [2.05, 4.69) is 5.32 Å². The topological polar surface area (TPSA) is 99.4 Å². The number of anilines is 1. The van der Waals surface area contributed by atoms with E-state index >= 15 is 0 Å². The maximum atomic E-state index is 11.7. The second-order valence-electron chi connectivity index (χ2n) is 4.89. The molecule has 0 saturated heterocycles. The highest BCUT2D eigenvalue weighted by Crippen LogP contribution is 2.22. The largest absolute Gasteiger partial charge is 0.481 e. The van der Waals surface area contributed by atoms with Gasteiger partial charge in [0.1, 0.15) is 11.8 Å². The van der Waals surface area contributed by atoms with Crippen molar-refractivity contribution >= 4 is 17.6 Å². The molecule has 0 aliphatic carbocycles. The first-order valence-corrected chi connectivity index (χ1v) is 5.98. The number of amides is 1. The maximum Gasteiger partial charge on any atom is 0.309 e. The second kappa shape index (κ2) is 6.57. The van der Waals surface area contributed by atoms with Crippen molar-refractivity contribution in [3.8, 4) is 11.8 Å². The lowest BCUT2D eigenvalue weighted by Gasteiger charge is -2.18. The van der Waals surface area contributed by atoms with E-state index in [0.29, 0.717) is 11.4 Å². The maximum absolute atomic E-state index is 11.7. The van der Waals surface area contributed by atoms with E-state index in [9.17, 15) is 9.59 Å². The SMILES string of the molecule is CC(C)(CC(=O)Nc1ccc(OCC#N)cc1)C(=O)O. The van der Waals surface area contributed by atoms with Crippen molar-refractivity contribution in [3.63, 3.8) is 0 Å². The minimum absolute atomic E-state index is 0.0431. The van der Waals surface area contributed by atoms with Gasteiger partial charge >= 0.3 is 5.97 Å². The van der Waals surface area contributed by atoms with Crippen LogP contribution in [0.25, 0.3) is 0 Å². The Kier molecular flexibility index (Phi) is 5.09. The molecule has 1 aromatic carbocycles. The van der Waals surface area contributed by atoms with Crippen LogP contribution < -0.4 is 10.1 Å². The molecule has 1 amide bonds. The fourth-order valence-corrected chi connectivity index (χ4v) is 1.43. The molecule has 1 aromatic rings. The van der Waals surface area contributed by atoms with Gasteiger partial charge in [-0.2, -0.15) is 5.26 Å². The fourth-order valence-electron chi connectivity index (χ4n) is 1.43. The molecular weight excluding hydrogens is 260 g/mol. The monoisotopic (exact) mass is 276 g/mol. The van der Waals surface area contributed by atoms with Crippen LogP contribution in [-0.2, 0) is 9.59 Å². The van der Waals surface area contributed by atoms with Crippen LogP contribution in [0.15, 0.2) is 24.3 Å². The van der Waals surface area contributed by atoms with E-state index in [1.165, 1.54) is 13.8 Å². The zero-order valence-corrected chi connectivity index (χ0v) is 11.3. The molecule has 0 heterocycles. The summed E-state index contributed by atoms with van der Waals surface area (Å²) in [6.07, 6.45) is -0.116. The number of carbonyl (C=O) groups is 2. The highest BCUT2D eigenvalue weighted by atomic mass is 16.5. The van der Waals surface area contributed by atoms with Gasteiger partial charge < -0.3 is 15.2 Å². The van der Waals surface area contributed by atoms with Crippen molar-refractivity contribution < 1.29 is 19.4 Å². The minimum Gasteiger partial charge on any atom is -0.481 e. The van der Waals surface area contributed by atoms with Gasteiger partial charge in [-0.05, 0) is 38.1 Å². The van der Waals surface area contributed by atoms with Gasteiger partial charge in [0.05, 0.1) is 5.41 Å². The van der Waals surface area contributed by atoms with E-state index in [0.717, 1.165) is 0 Å². The normalized spacial score (nSPS) is 10.4. The van der Waals surface area contributed by atoms with E-state index < -0.39 is 11.4 Å². The molecule has 0 aromatic heterocycles. The molecule has 106 valence electrons. The summed E-state index contributed by atoms with van der Waals surface area (Å²) in [4.78, 5) is 22.7. The number of nitrogens with zero attached hydrogens (tertiary/aromatic N) is 1. The number of nitriles is 1. The molecule has 0 spiro atoms. The highest BCUT2D eigenvalue weighted by molar-refractivity contribution is 5.94. The quantitative estimate of drug-likeness (QED) is 0.828. The van der Waals surface area contributed by atoms with Crippen LogP contribution in [0.4, 0.5) is 5.69 Å². The van der Waals surface area contributed by atoms with Gasteiger partial charge in [0.25, 0.3) is 0 Å². The van der Waals surface area contributed by atoms with Crippen molar-refractivity contribution in [2.45, 2.75) is 20.3 Å². The van der Waals surface area contributed by atoms with Crippen molar-refractivity contribution in [2.24, 2.45) is 5.41 Å². The summed E-state index contributed by atoms with van der Waals surface area (Å²) in [6.45, 7) is 2.94. The lowest BCUT2D eigenvalue weighted by molar-refractivity contribution is -0.148. The number of carboxylic acids is 1. The molecule has 0 unspecified atom stereocenters. The summed E-state index contributed by atoms with van der Waals surface area (Å²) in [5, 5.41) is 19.9. The Morgan fingerprint density at radius 2 is 1.95 bits per heavy atom. The van der Waals surface area contributed by atoms with Crippen LogP contribution in [0, 0.1) is 16.7 Å². The number of ether oxygens (including phenoxy) is 1. The molecule has 2 N–H and O–H groups in total. The summed E-state index contributed by atoms with van der Waals surface area (Å²) >= 11 is 0. The number of carboxylic acid groups (broad SMARTS) is 1. The molecule has 6 heteroatoms. The average molecular weight is 276 g/mol. The summed E-state index contributed by atoms with van der Waals surface area (Å²) in [5.74, 6) is -0.869. The van der Waals surface area contributed by atoms with E-state index in [4.69, 9.17) is 15.1 Å². The number of hydrogen-bond acceptors (Lipinski definition) is 4. The molecule has 0 saturated carbocycles.